The van der Waals surface area contributed by atoms with Gasteiger partial charge >= 0.3 is 0 Å². The average Bonchev–Trinajstić information content (AvgIpc) is 2.90. The number of hydrogen-bond donors (Lipinski definition) is 1. The molecule has 0 spiro atoms. The zero-order valence-electron chi connectivity index (χ0n) is 10.2. The van der Waals surface area contributed by atoms with Crippen molar-refractivity contribution in [2.75, 3.05) is 5.32 Å². The Labute approximate surface area is 124 Å². The summed E-state index contributed by atoms with van der Waals surface area (Å²) < 4.78 is 12.8. The summed E-state index contributed by atoms with van der Waals surface area (Å²) in [6.07, 6.45) is 0. The lowest BCUT2D eigenvalue weighted by atomic mass is 10.2. The Hall–Kier alpha value is -1.98. The van der Waals surface area contributed by atoms with Crippen LogP contribution in [-0.4, -0.2) is 10.2 Å². The molecule has 3 nitrogen and oxygen atoms in total. The molecule has 100 valence electrons. The summed E-state index contributed by atoms with van der Waals surface area (Å²) in [5, 5.41) is 13.2. The van der Waals surface area contributed by atoms with Crippen LogP contribution in [0.5, 0.6) is 0 Å². The molecule has 3 aromatic rings. The van der Waals surface area contributed by atoms with Crippen molar-refractivity contribution >= 4 is 33.8 Å². The Morgan fingerprint density at radius 2 is 1.75 bits per heavy atom. The lowest BCUT2D eigenvalue weighted by molar-refractivity contribution is 0.628. The molecule has 0 radical (unpaired) electrons. The molecule has 0 saturated carbocycles. The largest absolute Gasteiger partial charge is 0.330 e. The van der Waals surface area contributed by atoms with Crippen molar-refractivity contribution in [3.8, 4) is 10.6 Å². The van der Waals surface area contributed by atoms with Gasteiger partial charge in [0.25, 0.3) is 0 Å². The zero-order chi connectivity index (χ0) is 13.9. The summed E-state index contributed by atoms with van der Waals surface area (Å²) in [7, 11) is 0. The summed E-state index contributed by atoms with van der Waals surface area (Å²) in [5.74, 6) is -0.274. The number of nitrogens with one attached hydrogen (secondary N) is 1. The Balaban J connectivity index is 1.84. The number of anilines is 2. The second-order valence-corrected chi connectivity index (χ2v) is 5.41. The van der Waals surface area contributed by atoms with Crippen molar-refractivity contribution in [3.63, 3.8) is 0 Å². The van der Waals surface area contributed by atoms with Gasteiger partial charge in [-0.3, -0.25) is 0 Å². The van der Waals surface area contributed by atoms with E-state index in [1.807, 2.05) is 24.3 Å². The van der Waals surface area contributed by atoms with Gasteiger partial charge in [0, 0.05) is 11.3 Å². The molecule has 0 bridgehead atoms. The van der Waals surface area contributed by atoms with Crippen LogP contribution in [0, 0.1) is 5.82 Å². The van der Waals surface area contributed by atoms with Gasteiger partial charge in [-0.05, 0) is 30.3 Å². The van der Waals surface area contributed by atoms with Crippen molar-refractivity contribution in [2.45, 2.75) is 0 Å². The van der Waals surface area contributed by atoms with E-state index in [1.54, 1.807) is 12.1 Å². The molecule has 20 heavy (non-hydrogen) atoms. The average molecular weight is 306 g/mol. The summed E-state index contributed by atoms with van der Waals surface area (Å²) >= 11 is 7.51. The quantitative estimate of drug-likeness (QED) is 0.759. The first kappa shape index (κ1) is 13.0. The second-order valence-electron chi connectivity index (χ2n) is 4.02. The Morgan fingerprint density at radius 1 is 1.00 bits per heavy atom. The number of hydrogen-bond acceptors (Lipinski definition) is 4. The van der Waals surface area contributed by atoms with Gasteiger partial charge in [0.15, 0.2) is 5.01 Å². The van der Waals surface area contributed by atoms with E-state index in [4.69, 9.17) is 11.6 Å². The molecule has 1 N–H and O–H groups in total. The maximum absolute atomic E-state index is 12.8. The summed E-state index contributed by atoms with van der Waals surface area (Å²) in [6, 6.07) is 13.5. The fourth-order valence-electron chi connectivity index (χ4n) is 1.67. The van der Waals surface area contributed by atoms with E-state index in [9.17, 15) is 4.39 Å². The Bertz CT molecular complexity index is 727. The number of aromatic nitrogens is 2. The summed E-state index contributed by atoms with van der Waals surface area (Å²) in [6.45, 7) is 0. The number of rotatable bonds is 3. The highest BCUT2D eigenvalue weighted by Crippen LogP contribution is 2.32. The molecule has 0 fully saturated rings. The van der Waals surface area contributed by atoms with Crippen LogP contribution in [0.25, 0.3) is 10.6 Å². The predicted octanol–water partition coefficient (Wildman–Crippen LogP) is 4.74. The SMILES string of the molecule is Fc1ccc(Nc2nnc(-c3ccccc3Cl)s2)cc1. The number of nitrogens with zero attached hydrogens (tertiary/aromatic N) is 2. The molecule has 2 aromatic carbocycles. The van der Waals surface area contributed by atoms with Crippen LogP contribution in [0.3, 0.4) is 0 Å². The van der Waals surface area contributed by atoms with E-state index in [0.29, 0.717) is 10.2 Å². The fraction of sp³-hybridized carbons (Fsp3) is 0. The molecule has 3 rings (SSSR count). The van der Waals surface area contributed by atoms with Gasteiger partial charge in [0.2, 0.25) is 5.13 Å². The van der Waals surface area contributed by atoms with Gasteiger partial charge < -0.3 is 5.32 Å². The first-order valence-electron chi connectivity index (χ1n) is 5.83. The predicted molar refractivity (Wildman–Crippen MR) is 80.0 cm³/mol. The highest BCUT2D eigenvalue weighted by Gasteiger charge is 2.09. The van der Waals surface area contributed by atoms with Crippen molar-refractivity contribution in [1.29, 1.82) is 0 Å². The number of benzene rings is 2. The first-order valence-corrected chi connectivity index (χ1v) is 7.03. The molecule has 0 unspecified atom stereocenters. The molecule has 0 atom stereocenters. The van der Waals surface area contributed by atoms with Crippen LogP contribution in [0.15, 0.2) is 48.5 Å². The minimum atomic E-state index is -0.274. The van der Waals surface area contributed by atoms with Crippen molar-refractivity contribution in [3.05, 3.63) is 59.4 Å². The van der Waals surface area contributed by atoms with Gasteiger partial charge in [-0.15, -0.1) is 10.2 Å². The van der Waals surface area contributed by atoms with E-state index in [-0.39, 0.29) is 5.82 Å². The highest BCUT2D eigenvalue weighted by molar-refractivity contribution is 7.18. The van der Waals surface area contributed by atoms with Crippen LogP contribution in [-0.2, 0) is 0 Å². The maximum atomic E-state index is 12.8. The van der Waals surface area contributed by atoms with E-state index >= 15 is 0 Å². The molecule has 0 aliphatic carbocycles. The second kappa shape index (κ2) is 5.56. The molecular weight excluding hydrogens is 297 g/mol. The highest BCUT2D eigenvalue weighted by atomic mass is 35.5. The Kier molecular flexibility index (Phi) is 3.62. The smallest absolute Gasteiger partial charge is 0.210 e. The molecular formula is C14H9ClFN3S. The minimum Gasteiger partial charge on any atom is -0.330 e. The van der Waals surface area contributed by atoms with Crippen LogP contribution >= 0.6 is 22.9 Å². The third-order valence-corrected chi connectivity index (χ3v) is 3.83. The Morgan fingerprint density at radius 3 is 2.50 bits per heavy atom. The van der Waals surface area contributed by atoms with Crippen molar-refractivity contribution < 1.29 is 4.39 Å². The normalized spacial score (nSPS) is 10.5. The van der Waals surface area contributed by atoms with Gasteiger partial charge in [0.1, 0.15) is 5.82 Å². The third kappa shape index (κ3) is 2.79. The van der Waals surface area contributed by atoms with Gasteiger partial charge in [-0.1, -0.05) is 41.1 Å². The standard InChI is InChI=1S/C14H9ClFN3S/c15-12-4-2-1-3-11(12)13-18-19-14(20-13)17-10-7-5-9(16)6-8-10/h1-8H,(H,17,19). The monoisotopic (exact) mass is 305 g/mol. The van der Waals surface area contributed by atoms with E-state index in [0.717, 1.165) is 16.3 Å². The lowest BCUT2D eigenvalue weighted by Crippen LogP contribution is -1.89. The maximum Gasteiger partial charge on any atom is 0.210 e. The summed E-state index contributed by atoms with van der Waals surface area (Å²) in [5.41, 5.74) is 1.60. The van der Waals surface area contributed by atoms with Crippen LogP contribution in [0.4, 0.5) is 15.2 Å². The molecule has 6 heteroatoms. The van der Waals surface area contributed by atoms with Gasteiger partial charge in [0.05, 0.1) is 5.02 Å². The summed E-state index contributed by atoms with van der Waals surface area (Å²) in [4.78, 5) is 0. The first-order chi connectivity index (χ1) is 9.72. The van der Waals surface area contributed by atoms with Gasteiger partial charge in [-0.2, -0.15) is 0 Å². The molecule has 0 saturated heterocycles. The van der Waals surface area contributed by atoms with E-state index in [1.165, 1.54) is 23.5 Å². The molecule has 1 heterocycles. The minimum absolute atomic E-state index is 0.274. The molecule has 0 aliphatic heterocycles. The molecule has 0 aliphatic rings. The van der Waals surface area contributed by atoms with E-state index < -0.39 is 0 Å². The zero-order valence-corrected chi connectivity index (χ0v) is 11.7. The third-order valence-electron chi connectivity index (χ3n) is 2.62. The van der Waals surface area contributed by atoms with Gasteiger partial charge in [-0.25, -0.2) is 4.39 Å². The van der Waals surface area contributed by atoms with Crippen molar-refractivity contribution in [1.82, 2.24) is 10.2 Å². The van der Waals surface area contributed by atoms with Crippen molar-refractivity contribution in [2.24, 2.45) is 0 Å². The lowest BCUT2D eigenvalue weighted by Gasteiger charge is -2.00. The topological polar surface area (TPSA) is 37.8 Å². The number of halogens is 2. The fourth-order valence-corrected chi connectivity index (χ4v) is 2.76. The van der Waals surface area contributed by atoms with Crippen LogP contribution in [0.2, 0.25) is 5.02 Å². The van der Waals surface area contributed by atoms with Crippen LogP contribution < -0.4 is 5.32 Å². The molecule has 1 aromatic heterocycles. The molecule has 0 amide bonds. The van der Waals surface area contributed by atoms with E-state index in [2.05, 4.69) is 15.5 Å². The van der Waals surface area contributed by atoms with Crippen LogP contribution in [0.1, 0.15) is 0 Å².